The maximum Gasteiger partial charge on any atom is 0.208 e. The Morgan fingerprint density at radius 1 is 1.45 bits per heavy atom. The molecule has 22 heavy (non-hydrogen) atoms. The summed E-state index contributed by atoms with van der Waals surface area (Å²) in [6.45, 7) is 7.45. The highest BCUT2D eigenvalue weighted by Gasteiger charge is 2.21. The van der Waals surface area contributed by atoms with E-state index in [9.17, 15) is 8.42 Å². The molecule has 1 aliphatic rings. The van der Waals surface area contributed by atoms with Gasteiger partial charge in [-0.05, 0) is 31.4 Å². The summed E-state index contributed by atoms with van der Waals surface area (Å²) in [6.07, 6.45) is 5.20. The van der Waals surface area contributed by atoms with E-state index in [1.807, 2.05) is 12.3 Å². The number of nitrogens with one attached hydrogen (secondary N) is 1. The highest BCUT2D eigenvalue weighted by Crippen LogP contribution is 2.18. The van der Waals surface area contributed by atoms with Crippen LogP contribution in [-0.4, -0.2) is 49.2 Å². The van der Waals surface area contributed by atoms with E-state index >= 15 is 0 Å². The molecule has 0 amide bonds. The van der Waals surface area contributed by atoms with Crippen molar-refractivity contribution in [3.63, 3.8) is 0 Å². The molecule has 0 saturated carbocycles. The fourth-order valence-corrected chi connectivity index (χ4v) is 3.28. The van der Waals surface area contributed by atoms with E-state index in [1.165, 1.54) is 6.26 Å². The summed E-state index contributed by atoms with van der Waals surface area (Å²) < 4.78 is 25.0. The van der Waals surface area contributed by atoms with Crippen LogP contribution in [0.3, 0.4) is 0 Å². The third-order valence-corrected chi connectivity index (χ3v) is 4.56. The standard InChI is InChI=1S/C15H26N4O2S/c1-12(2)15-16-7-6-14(18-15)11-19-8-4-5-13(10-19)9-17-22(3,20)21/h6-7,12-13,17H,4-5,8-11H2,1-3H3/t13-/m0/s1. The fraction of sp³-hybridized carbons (Fsp3) is 0.733. The molecule has 0 aliphatic carbocycles. The highest BCUT2D eigenvalue weighted by molar-refractivity contribution is 7.88. The summed E-state index contributed by atoms with van der Waals surface area (Å²) in [7, 11) is -3.10. The minimum absolute atomic E-state index is 0.327. The molecular weight excluding hydrogens is 300 g/mol. The average Bonchev–Trinajstić information content (AvgIpc) is 2.45. The molecule has 1 aromatic heterocycles. The maximum absolute atomic E-state index is 11.2. The second-order valence-corrected chi connectivity index (χ2v) is 8.26. The van der Waals surface area contributed by atoms with Crippen LogP contribution in [0.5, 0.6) is 0 Å². The lowest BCUT2D eigenvalue weighted by Crippen LogP contribution is -2.40. The van der Waals surface area contributed by atoms with Crippen molar-refractivity contribution in [1.29, 1.82) is 0 Å². The number of sulfonamides is 1. The monoisotopic (exact) mass is 326 g/mol. The van der Waals surface area contributed by atoms with Gasteiger partial charge in [-0.3, -0.25) is 4.90 Å². The van der Waals surface area contributed by atoms with Gasteiger partial charge >= 0.3 is 0 Å². The van der Waals surface area contributed by atoms with E-state index in [0.717, 1.165) is 44.0 Å². The van der Waals surface area contributed by atoms with Crippen LogP contribution >= 0.6 is 0 Å². The first-order chi connectivity index (χ1) is 10.3. The van der Waals surface area contributed by atoms with E-state index in [4.69, 9.17) is 0 Å². The molecular formula is C15H26N4O2S. The van der Waals surface area contributed by atoms with Gasteiger partial charge in [0, 0.05) is 31.7 Å². The highest BCUT2D eigenvalue weighted by atomic mass is 32.2. The van der Waals surface area contributed by atoms with Crippen molar-refractivity contribution in [1.82, 2.24) is 19.6 Å². The van der Waals surface area contributed by atoms with E-state index < -0.39 is 10.0 Å². The predicted octanol–water partition coefficient (Wildman–Crippen LogP) is 1.36. The Labute approximate surface area is 133 Å². The molecule has 2 rings (SSSR count). The van der Waals surface area contributed by atoms with Crippen LogP contribution in [-0.2, 0) is 16.6 Å². The van der Waals surface area contributed by atoms with Crippen LogP contribution in [0.2, 0.25) is 0 Å². The van der Waals surface area contributed by atoms with Crippen molar-refractivity contribution in [3.05, 3.63) is 23.8 Å². The number of aromatic nitrogens is 2. The van der Waals surface area contributed by atoms with Crippen molar-refractivity contribution in [2.24, 2.45) is 5.92 Å². The molecule has 0 bridgehead atoms. The van der Waals surface area contributed by atoms with Crippen LogP contribution in [0.1, 0.15) is 44.1 Å². The third-order valence-electron chi connectivity index (χ3n) is 3.87. The molecule has 0 spiro atoms. The molecule has 1 aromatic rings. The van der Waals surface area contributed by atoms with Gasteiger partial charge < -0.3 is 0 Å². The number of piperidine rings is 1. The van der Waals surface area contributed by atoms with Gasteiger partial charge in [0.05, 0.1) is 11.9 Å². The first kappa shape index (κ1) is 17.3. The zero-order valence-corrected chi connectivity index (χ0v) is 14.4. The molecule has 1 N–H and O–H groups in total. The first-order valence-electron chi connectivity index (χ1n) is 7.82. The third kappa shape index (κ3) is 5.62. The van der Waals surface area contributed by atoms with Crippen LogP contribution in [0.15, 0.2) is 12.3 Å². The Morgan fingerprint density at radius 3 is 2.91 bits per heavy atom. The second-order valence-electron chi connectivity index (χ2n) is 6.42. The van der Waals surface area contributed by atoms with Gasteiger partial charge in [-0.2, -0.15) is 0 Å². The Balaban J connectivity index is 1.91. The van der Waals surface area contributed by atoms with Crippen LogP contribution in [0.4, 0.5) is 0 Å². The van der Waals surface area contributed by atoms with Crippen molar-refractivity contribution in [2.75, 3.05) is 25.9 Å². The number of hydrogen-bond acceptors (Lipinski definition) is 5. The lowest BCUT2D eigenvalue weighted by Gasteiger charge is -2.32. The smallest absolute Gasteiger partial charge is 0.208 e. The largest absolute Gasteiger partial charge is 0.297 e. The van der Waals surface area contributed by atoms with Gasteiger partial charge in [-0.15, -0.1) is 0 Å². The van der Waals surface area contributed by atoms with E-state index in [2.05, 4.69) is 33.4 Å². The number of nitrogens with zero attached hydrogens (tertiary/aromatic N) is 3. The molecule has 0 unspecified atom stereocenters. The molecule has 1 atom stereocenters. The molecule has 124 valence electrons. The summed E-state index contributed by atoms with van der Waals surface area (Å²) in [5.41, 5.74) is 1.04. The summed E-state index contributed by atoms with van der Waals surface area (Å²) in [5, 5.41) is 0. The van der Waals surface area contributed by atoms with E-state index in [1.54, 1.807) is 0 Å². The Kier molecular flexibility index (Phi) is 5.88. The lowest BCUT2D eigenvalue weighted by molar-refractivity contribution is 0.167. The van der Waals surface area contributed by atoms with Gasteiger partial charge in [0.2, 0.25) is 10.0 Å². The average molecular weight is 326 g/mol. The topological polar surface area (TPSA) is 75.2 Å². The van der Waals surface area contributed by atoms with Crippen LogP contribution in [0.25, 0.3) is 0 Å². The molecule has 2 heterocycles. The molecule has 0 radical (unpaired) electrons. The maximum atomic E-state index is 11.2. The summed E-state index contributed by atoms with van der Waals surface area (Å²) in [6, 6.07) is 1.96. The van der Waals surface area contributed by atoms with Gasteiger partial charge in [0.1, 0.15) is 5.82 Å². The van der Waals surface area contributed by atoms with Crippen LogP contribution in [0, 0.1) is 5.92 Å². The van der Waals surface area contributed by atoms with Crippen LogP contribution < -0.4 is 4.72 Å². The second kappa shape index (κ2) is 7.48. The minimum atomic E-state index is -3.10. The summed E-state index contributed by atoms with van der Waals surface area (Å²) in [4.78, 5) is 11.3. The minimum Gasteiger partial charge on any atom is -0.297 e. The van der Waals surface area contributed by atoms with Crippen molar-refractivity contribution < 1.29 is 8.42 Å². The Hall–Kier alpha value is -1.05. The normalized spacial score (nSPS) is 20.5. The fourth-order valence-electron chi connectivity index (χ4n) is 2.74. The Morgan fingerprint density at radius 2 is 2.23 bits per heavy atom. The molecule has 0 aromatic carbocycles. The Bertz CT molecular complexity index is 589. The summed E-state index contributed by atoms with van der Waals surface area (Å²) >= 11 is 0. The van der Waals surface area contributed by atoms with Crippen molar-refractivity contribution >= 4 is 10.0 Å². The number of rotatable bonds is 6. The number of hydrogen-bond donors (Lipinski definition) is 1. The zero-order valence-electron chi connectivity index (χ0n) is 13.6. The van der Waals surface area contributed by atoms with Gasteiger partial charge in [-0.1, -0.05) is 13.8 Å². The first-order valence-corrected chi connectivity index (χ1v) is 9.71. The van der Waals surface area contributed by atoms with E-state index in [0.29, 0.717) is 18.4 Å². The zero-order chi connectivity index (χ0) is 16.2. The molecule has 1 saturated heterocycles. The van der Waals surface area contributed by atoms with Gasteiger partial charge in [0.15, 0.2) is 0 Å². The summed E-state index contributed by atoms with van der Waals surface area (Å²) in [5.74, 6) is 1.58. The van der Waals surface area contributed by atoms with Gasteiger partial charge in [-0.25, -0.2) is 23.1 Å². The lowest BCUT2D eigenvalue weighted by atomic mass is 9.98. The van der Waals surface area contributed by atoms with Crippen molar-refractivity contribution in [2.45, 2.75) is 39.2 Å². The molecule has 1 aliphatic heterocycles. The molecule has 6 nitrogen and oxygen atoms in total. The van der Waals surface area contributed by atoms with Crippen molar-refractivity contribution in [3.8, 4) is 0 Å². The SMILES string of the molecule is CC(C)c1nccc(CN2CCC[C@@H](CNS(C)(=O)=O)C2)n1. The van der Waals surface area contributed by atoms with E-state index in [-0.39, 0.29) is 0 Å². The molecule has 7 heteroatoms. The molecule has 1 fully saturated rings. The van der Waals surface area contributed by atoms with Gasteiger partial charge in [0.25, 0.3) is 0 Å². The quantitative estimate of drug-likeness (QED) is 0.854. The predicted molar refractivity (Wildman–Crippen MR) is 87.0 cm³/mol. The number of likely N-dealkylation sites (tertiary alicyclic amines) is 1.